The van der Waals surface area contributed by atoms with Gasteiger partial charge in [0.05, 0.1) is 5.69 Å². The van der Waals surface area contributed by atoms with E-state index in [-0.39, 0.29) is 0 Å². The van der Waals surface area contributed by atoms with E-state index in [0.29, 0.717) is 5.88 Å². The SMILES string of the molecule is CC1CCN(c2ccc(CCl)cc2Br)C1. The van der Waals surface area contributed by atoms with Gasteiger partial charge in [0, 0.05) is 23.4 Å². The molecule has 82 valence electrons. The smallest absolute Gasteiger partial charge is 0.0510 e. The third-order valence-corrected chi connectivity index (χ3v) is 3.87. The molecular weight excluding hydrogens is 273 g/mol. The molecule has 0 amide bonds. The quantitative estimate of drug-likeness (QED) is 0.743. The van der Waals surface area contributed by atoms with Gasteiger partial charge in [0.1, 0.15) is 0 Å². The Kier molecular flexibility index (Phi) is 3.57. The first-order valence-electron chi connectivity index (χ1n) is 5.30. The number of nitrogens with zero attached hydrogens (tertiary/aromatic N) is 1. The first-order chi connectivity index (χ1) is 7.20. The van der Waals surface area contributed by atoms with Crippen LogP contribution in [-0.4, -0.2) is 13.1 Å². The fourth-order valence-electron chi connectivity index (χ4n) is 2.04. The summed E-state index contributed by atoms with van der Waals surface area (Å²) in [7, 11) is 0. The lowest BCUT2D eigenvalue weighted by Gasteiger charge is -2.20. The highest BCUT2D eigenvalue weighted by molar-refractivity contribution is 9.10. The Morgan fingerprint density at radius 3 is 2.87 bits per heavy atom. The van der Waals surface area contributed by atoms with E-state index in [4.69, 9.17) is 11.6 Å². The van der Waals surface area contributed by atoms with Crippen LogP contribution in [0.3, 0.4) is 0 Å². The molecule has 0 spiro atoms. The molecule has 0 N–H and O–H groups in total. The number of halogens is 2. The zero-order valence-corrected chi connectivity index (χ0v) is 11.2. The van der Waals surface area contributed by atoms with Crippen molar-refractivity contribution in [2.24, 2.45) is 5.92 Å². The van der Waals surface area contributed by atoms with Crippen LogP contribution < -0.4 is 4.90 Å². The van der Waals surface area contributed by atoms with Crippen LogP contribution in [0.15, 0.2) is 22.7 Å². The summed E-state index contributed by atoms with van der Waals surface area (Å²) < 4.78 is 1.16. The molecular formula is C12H15BrClN. The van der Waals surface area contributed by atoms with Crippen LogP contribution in [-0.2, 0) is 5.88 Å². The van der Waals surface area contributed by atoms with Gasteiger partial charge in [-0.25, -0.2) is 0 Å². The highest BCUT2D eigenvalue weighted by Gasteiger charge is 2.20. The molecule has 1 aliphatic rings. The number of anilines is 1. The van der Waals surface area contributed by atoms with Crippen molar-refractivity contribution in [3.05, 3.63) is 28.2 Å². The molecule has 1 heterocycles. The molecule has 1 fully saturated rings. The molecule has 1 saturated heterocycles. The van der Waals surface area contributed by atoms with E-state index in [1.807, 2.05) is 0 Å². The second-order valence-electron chi connectivity index (χ2n) is 4.26. The third-order valence-electron chi connectivity index (χ3n) is 2.93. The molecule has 1 unspecified atom stereocenters. The fraction of sp³-hybridized carbons (Fsp3) is 0.500. The summed E-state index contributed by atoms with van der Waals surface area (Å²) in [5.74, 6) is 1.39. The Bertz CT molecular complexity index is 353. The van der Waals surface area contributed by atoms with Crippen molar-refractivity contribution in [1.29, 1.82) is 0 Å². The predicted octanol–water partition coefficient (Wildman–Crippen LogP) is 4.03. The first-order valence-corrected chi connectivity index (χ1v) is 6.63. The molecule has 3 heteroatoms. The molecule has 15 heavy (non-hydrogen) atoms. The lowest BCUT2D eigenvalue weighted by molar-refractivity contribution is 0.659. The molecule has 1 aromatic carbocycles. The average molecular weight is 289 g/mol. The van der Waals surface area contributed by atoms with Crippen molar-refractivity contribution < 1.29 is 0 Å². The van der Waals surface area contributed by atoms with Gasteiger partial charge < -0.3 is 4.90 Å². The molecule has 1 aliphatic heterocycles. The maximum absolute atomic E-state index is 5.80. The largest absolute Gasteiger partial charge is 0.370 e. The number of hydrogen-bond acceptors (Lipinski definition) is 1. The highest BCUT2D eigenvalue weighted by Crippen LogP contribution is 2.31. The fourth-order valence-corrected chi connectivity index (χ4v) is 2.89. The van der Waals surface area contributed by atoms with Gasteiger partial charge in [-0.2, -0.15) is 0 Å². The summed E-state index contributed by atoms with van der Waals surface area (Å²) in [5.41, 5.74) is 2.47. The van der Waals surface area contributed by atoms with Crippen molar-refractivity contribution in [2.45, 2.75) is 19.2 Å². The van der Waals surface area contributed by atoms with E-state index in [1.54, 1.807) is 0 Å². The summed E-state index contributed by atoms with van der Waals surface area (Å²) in [6.45, 7) is 4.64. The zero-order chi connectivity index (χ0) is 10.8. The standard InChI is InChI=1S/C12H15BrClN/c1-9-4-5-15(8-9)12-3-2-10(7-14)6-11(12)13/h2-3,6,9H,4-5,7-8H2,1H3. The second kappa shape index (κ2) is 4.75. The molecule has 1 nitrogen and oxygen atoms in total. The van der Waals surface area contributed by atoms with Crippen LogP contribution in [0, 0.1) is 5.92 Å². The van der Waals surface area contributed by atoms with Crippen LogP contribution >= 0.6 is 27.5 Å². The molecule has 2 rings (SSSR count). The number of hydrogen-bond donors (Lipinski definition) is 0. The Morgan fingerprint density at radius 2 is 2.33 bits per heavy atom. The minimum Gasteiger partial charge on any atom is -0.370 e. The summed E-state index contributed by atoms with van der Waals surface area (Å²) >= 11 is 9.42. The van der Waals surface area contributed by atoms with E-state index in [9.17, 15) is 0 Å². The van der Waals surface area contributed by atoms with Gasteiger partial charge in [-0.1, -0.05) is 13.0 Å². The maximum Gasteiger partial charge on any atom is 0.0510 e. The second-order valence-corrected chi connectivity index (χ2v) is 5.38. The average Bonchev–Trinajstić information content (AvgIpc) is 2.64. The lowest BCUT2D eigenvalue weighted by atomic mass is 10.2. The van der Waals surface area contributed by atoms with Crippen LogP contribution in [0.5, 0.6) is 0 Å². The van der Waals surface area contributed by atoms with Gasteiger partial charge in [-0.3, -0.25) is 0 Å². The summed E-state index contributed by atoms with van der Waals surface area (Å²) in [5, 5.41) is 0. The molecule has 1 atom stereocenters. The Morgan fingerprint density at radius 1 is 1.53 bits per heavy atom. The van der Waals surface area contributed by atoms with Crippen LogP contribution in [0.1, 0.15) is 18.9 Å². The normalized spacial score (nSPS) is 21.0. The van der Waals surface area contributed by atoms with Crippen LogP contribution in [0.25, 0.3) is 0 Å². The summed E-state index contributed by atoms with van der Waals surface area (Å²) in [6, 6.07) is 6.39. The van der Waals surface area contributed by atoms with Crippen LogP contribution in [0.2, 0.25) is 0 Å². The van der Waals surface area contributed by atoms with E-state index >= 15 is 0 Å². The van der Waals surface area contributed by atoms with Crippen molar-refractivity contribution in [1.82, 2.24) is 0 Å². The van der Waals surface area contributed by atoms with Crippen molar-refractivity contribution in [3.63, 3.8) is 0 Å². The van der Waals surface area contributed by atoms with Gasteiger partial charge in [-0.15, -0.1) is 11.6 Å². The van der Waals surface area contributed by atoms with E-state index in [0.717, 1.165) is 10.4 Å². The molecule has 1 aromatic rings. The third kappa shape index (κ3) is 2.48. The zero-order valence-electron chi connectivity index (χ0n) is 8.84. The Hall–Kier alpha value is -0.210. The molecule has 0 aliphatic carbocycles. The molecule has 0 bridgehead atoms. The van der Waals surface area contributed by atoms with Gasteiger partial charge in [-0.05, 0) is 46.0 Å². The summed E-state index contributed by atoms with van der Waals surface area (Å²) in [4.78, 5) is 2.44. The Balaban J connectivity index is 2.21. The number of benzene rings is 1. The number of alkyl halides is 1. The Labute approximate surface area is 105 Å². The van der Waals surface area contributed by atoms with Gasteiger partial charge in [0.25, 0.3) is 0 Å². The van der Waals surface area contributed by atoms with Crippen molar-refractivity contribution in [3.8, 4) is 0 Å². The van der Waals surface area contributed by atoms with Crippen molar-refractivity contribution >= 4 is 33.2 Å². The highest BCUT2D eigenvalue weighted by atomic mass is 79.9. The maximum atomic E-state index is 5.80. The minimum absolute atomic E-state index is 0.579. The van der Waals surface area contributed by atoms with Gasteiger partial charge in [0.15, 0.2) is 0 Å². The number of rotatable bonds is 2. The van der Waals surface area contributed by atoms with Crippen molar-refractivity contribution in [2.75, 3.05) is 18.0 Å². The van der Waals surface area contributed by atoms with Gasteiger partial charge >= 0.3 is 0 Å². The molecule has 0 radical (unpaired) electrons. The lowest BCUT2D eigenvalue weighted by Crippen LogP contribution is -2.19. The molecule has 0 aromatic heterocycles. The predicted molar refractivity (Wildman–Crippen MR) is 69.7 cm³/mol. The summed E-state index contributed by atoms with van der Waals surface area (Å²) in [6.07, 6.45) is 1.30. The topological polar surface area (TPSA) is 3.24 Å². The minimum atomic E-state index is 0.579. The van der Waals surface area contributed by atoms with Gasteiger partial charge in [0.2, 0.25) is 0 Å². The molecule has 0 saturated carbocycles. The van der Waals surface area contributed by atoms with E-state index < -0.39 is 0 Å². The monoisotopic (exact) mass is 287 g/mol. The van der Waals surface area contributed by atoms with Crippen LogP contribution in [0.4, 0.5) is 5.69 Å². The van der Waals surface area contributed by atoms with E-state index in [2.05, 4.69) is 46.0 Å². The van der Waals surface area contributed by atoms with E-state index in [1.165, 1.54) is 30.8 Å². The first kappa shape index (κ1) is 11.3.